The number of anilines is 1. The lowest BCUT2D eigenvalue weighted by molar-refractivity contribution is -0.117. The smallest absolute Gasteiger partial charge is 0.228 e. The molecule has 1 aliphatic carbocycles. The van der Waals surface area contributed by atoms with E-state index in [0.717, 1.165) is 29.5 Å². The molecule has 158 valence electrons. The zero-order valence-electron chi connectivity index (χ0n) is 17.1. The molecule has 2 fully saturated rings. The van der Waals surface area contributed by atoms with Crippen LogP contribution in [0.3, 0.4) is 0 Å². The lowest BCUT2D eigenvalue weighted by Crippen LogP contribution is -2.27. The van der Waals surface area contributed by atoms with Crippen LogP contribution in [0.1, 0.15) is 25.5 Å². The summed E-state index contributed by atoms with van der Waals surface area (Å²) in [6, 6.07) is 7.53. The van der Waals surface area contributed by atoms with Crippen molar-refractivity contribution in [2.75, 3.05) is 18.4 Å². The summed E-state index contributed by atoms with van der Waals surface area (Å²) >= 11 is 0. The minimum atomic E-state index is -1.07. The van der Waals surface area contributed by atoms with Crippen LogP contribution in [0.25, 0.3) is 16.6 Å². The van der Waals surface area contributed by atoms with Gasteiger partial charge in [0.2, 0.25) is 5.91 Å². The topological polar surface area (TPSA) is 80.5 Å². The van der Waals surface area contributed by atoms with E-state index in [1.54, 1.807) is 17.6 Å². The van der Waals surface area contributed by atoms with E-state index >= 15 is 0 Å². The molecule has 1 saturated carbocycles. The van der Waals surface area contributed by atoms with Gasteiger partial charge in [0, 0.05) is 36.8 Å². The molecule has 2 atom stereocenters. The van der Waals surface area contributed by atoms with E-state index in [-0.39, 0.29) is 18.4 Å². The normalized spacial score (nSPS) is 20.3. The lowest BCUT2D eigenvalue weighted by atomic mass is 10.1. The molecule has 3 aromatic rings. The Labute approximate surface area is 179 Å². The zero-order chi connectivity index (χ0) is 21.4. The third-order valence-electron chi connectivity index (χ3n) is 5.46. The van der Waals surface area contributed by atoms with Crippen LogP contribution in [0.5, 0.6) is 5.75 Å². The van der Waals surface area contributed by atoms with Crippen LogP contribution in [0.15, 0.2) is 36.7 Å². The average molecular weight is 419 g/mol. The van der Waals surface area contributed by atoms with Crippen LogP contribution in [0, 0.1) is 17.8 Å². The van der Waals surface area contributed by atoms with Crippen molar-refractivity contribution < 1.29 is 13.9 Å². The van der Waals surface area contributed by atoms with Crippen molar-refractivity contribution in [1.82, 2.24) is 19.9 Å². The molecule has 5 rings (SSSR count). The molecule has 0 radical (unpaired) electrons. The number of aromatic nitrogens is 3. The molecule has 1 saturated heterocycles. The summed E-state index contributed by atoms with van der Waals surface area (Å²) in [6.45, 7) is 2.48. The second kappa shape index (κ2) is 8.00. The van der Waals surface area contributed by atoms with E-state index in [9.17, 15) is 9.18 Å². The first kappa shape index (κ1) is 19.5. The van der Waals surface area contributed by atoms with E-state index < -0.39 is 12.3 Å². The van der Waals surface area contributed by atoms with Crippen molar-refractivity contribution in [2.24, 2.45) is 5.92 Å². The number of pyridine rings is 2. The van der Waals surface area contributed by atoms with Crippen LogP contribution in [0.4, 0.5) is 10.2 Å². The molecule has 3 aromatic heterocycles. The third kappa shape index (κ3) is 4.09. The van der Waals surface area contributed by atoms with Crippen molar-refractivity contribution in [1.29, 1.82) is 0 Å². The van der Waals surface area contributed by atoms with E-state index in [0.29, 0.717) is 23.8 Å². The number of carbonyl (C=O) groups is 1. The van der Waals surface area contributed by atoms with Crippen LogP contribution in [-0.4, -0.2) is 45.9 Å². The fraction of sp³-hybridized carbons (Fsp3) is 0.348. The Kier molecular flexibility index (Phi) is 5.04. The fourth-order valence-corrected chi connectivity index (χ4v) is 3.66. The Hall–Kier alpha value is -3.44. The lowest BCUT2D eigenvalue weighted by Gasteiger charge is -2.18. The Bertz CT molecular complexity index is 1210. The summed E-state index contributed by atoms with van der Waals surface area (Å²) in [5.74, 6) is 6.96. The van der Waals surface area contributed by atoms with Crippen molar-refractivity contribution in [2.45, 2.75) is 32.0 Å². The Morgan fingerprint density at radius 3 is 2.94 bits per heavy atom. The number of alkyl halides is 1. The monoisotopic (exact) mass is 419 g/mol. The van der Waals surface area contributed by atoms with Crippen LogP contribution in [0.2, 0.25) is 0 Å². The van der Waals surface area contributed by atoms with E-state index in [1.165, 1.54) is 0 Å². The molecule has 0 unspecified atom stereocenters. The maximum atomic E-state index is 14.1. The molecule has 1 aliphatic heterocycles. The summed E-state index contributed by atoms with van der Waals surface area (Å²) in [5.41, 5.74) is 3.07. The maximum Gasteiger partial charge on any atom is 0.228 e. The van der Waals surface area contributed by atoms with Gasteiger partial charge in [0.05, 0.1) is 11.7 Å². The molecule has 1 amide bonds. The molecule has 0 aromatic carbocycles. The molecule has 8 heteroatoms. The van der Waals surface area contributed by atoms with Gasteiger partial charge in [-0.3, -0.25) is 4.79 Å². The number of ether oxygens (including phenoxy) is 1. The van der Waals surface area contributed by atoms with E-state index in [4.69, 9.17) is 4.74 Å². The van der Waals surface area contributed by atoms with Crippen molar-refractivity contribution in [3.63, 3.8) is 0 Å². The predicted molar refractivity (Wildman–Crippen MR) is 115 cm³/mol. The number of carbonyl (C=O) groups excluding carboxylic acids is 1. The van der Waals surface area contributed by atoms with Gasteiger partial charge < -0.3 is 15.4 Å². The summed E-state index contributed by atoms with van der Waals surface area (Å²) in [4.78, 5) is 16.4. The standard InChI is InChI=1S/C23H22FN5O2/c1-2-3-16-9-18(20(13-26-16)31-21-12-25-11-19(21)24)15-6-7-29-17(8-15)10-22(28-29)27-23(30)14-4-5-14/h6-10,13-14,19,21,25H,4-5,11-12H2,1H3,(H,27,28,30)/t19-,21+/m0/s1. The van der Waals surface area contributed by atoms with Gasteiger partial charge in [-0.05, 0) is 49.4 Å². The van der Waals surface area contributed by atoms with Crippen molar-refractivity contribution >= 4 is 17.2 Å². The van der Waals surface area contributed by atoms with E-state index in [2.05, 4.69) is 32.6 Å². The molecule has 7 nitrogen and oxygen atoms in total. The van der Waals surface area contributed by atoms with Gasteiger partial charge in [0.15, 0.2) is 12.0 Å². The van der Waals surface area contributed by atoms with Gasteiger partial charge >= 0.3 is 0 Å². The van der Waals surface area contributed by atoms with Gasteiger partial charge in [-0.25, -0.2) is 13.9 Å². The average Bonchev–Trinajstić information content (AvgIpc) is 3.43. The quantitative estimate of drug-likeness (QED) is 0.622. The molecule has 0 spiro atoms. The molecular formula is C23H22FN5O2. The number of hydrogen-bond donors (Lipinski definition) is 2. The van der Waals surface area contributed by atoms with Gasteiger partial charge in [-0.2, -0.15) is 5.10 Å². The van der Waals surface area contributed by atoms with Gasteiger partial charge in [0.25, 0.3) is 0 Å². The predicted octanol–water partition coefficient (Wildman–Crippen LogP) is 2.80. The first-order chi connectivity index (χ1) is 15.1. The zero-order valence-corrected chi connectivity index (χ0v) is 17.1. The van der Waals surface area contributed by atoms with Gasteiger partial charge in [-0.1, -0.05) is 5.92 Å². The Morgan fingerprint density at radius 2 is 2.19 bits per heavy atom. The molecule has 2 aliphatic rings. The highest BCUT2D eigenvalue weighted by Gasteiger charge is 2.30. The van der Waals surface area contributed by atoms with Crippen LogP contribution >= 0.6 is 0 Å². The van der Waals surface area contributed by atoms with Gasteiger partial charge in [-0.15, -0.1) is 0 Å². The molecule has 0 bridgehead atoms. The summed E-state index contributed by atoms with van der Waals surface area (Å²) in [6.07, 6.45) is 3.66. The number of amides is 1. The SMILES string of the molecule is CC#Cc1cc(-c2ccn3nc(NC(=O)C4CC4)cc3c2)c(O[C@@H]2CNC[C@@H]2F)cn1. The second-order valence-electron chi connectivity index (χ2n) is 7.85. The molecule has 2 N–H and O–H groups in total. The Morgan fingerprint density at radius 1 is 1.32 bits per heavy atom. The number of fused-ring (bicyclic) bond motifs is 1. The van der Waals surface area contributed by atoms with E-state index in [1.807, 2.05) is 30.5 Å². The number of hydrogen-bond acceptors (Lipinski definition) is 5. The van der Waals surface area contributed by atoms with Crippen LogP contribution < -0.4 is 15.4 Å². The van der Waals surface area contributed by atoms with Crippen molar-refractivity contribution in [3.8, 4) is 28.7 Å². The number of halogens is 1. The highest BCUT2D eigenvalue weighted by molar-refractivity contribution is 5.93. The minimum Gasteiger partial charge on any atom is -0.484 e. The highest BCUT2D eigenvalue weighted by Crippen LogP contribution is 2.33. The van der Waals surface area contributed by atoms with Crippen LogP contribution in [-0.2, 0) is 4.79 Å². The third-order valence-corrected chi connectivity index (χ3v) is 5.46. The summed E-state index contributed by atoms with van der Waals surface area (Å²) < 4.78 is 21.8. The number of rotatable bonds is 5. The fourth-order valence-electron chi connectivity index (χ4n) is 3.66. The van der Waals surface area contributed by atoms with Gasteiger partial charge in [0.1, 0.15) is 17.5 Å². The molecule has 4 heterocycles. The highest BCUT2D eigenvalue weighted by atomic mass is 19.1. The van der Waals surface area contributed by atoms with Crippen molar-refractivity contribution in [3.05, 3.63) is 42.4 Å². The molecular weight excluding hydrogens is 397 g/mol. The first-order valence-electron chi connectivity index (χ1n) is 10.4. The molecule has 31 heavy (non-hydrogen) atoms. The number of nitrogens with one attached hydrogen (secondary N) is 2. The minimum absolute atomic E-state index is 0.0159. The summed E-state index contributed by atoms with van der Waals surface area (Å²) in [7, 11) is 0. The largest absolute Gasteiger partial charge is 0.484 e. The Balaban J connectivity index is 1.49. The maximum absolute atomic E-state index is 14.1. The second-order valence-corrected chi connectivity index (χ2v) is 7.85. The summed E-state index contributed by atoms with van der Waals surface area (Å²) in [5, 5.41) is 10.3. The number of nitrogens with zero attached hydrogens (tertiary/aromatic N) is 3. The first-order valence-corrected chi connectivity index (χ1v) is 10.4.